The van der Waals surface area contributed by atoms with Crippen LogP contribution in [0.4, 0.5) is 0 Å². The summed E-state index contributed by atoms with van der Waals surface area (Å²) in [5.74, 6) is 0. The highest BCUT2D eigenvalue weighted by atomic mass is 15.2. The molecule has 0 spiro atoms. The van der Waals surface area contributed by atoms with E-state index in [1.807, 2.05) is 0 Å². The van der Waals surface area contributed by atoms with E-state index in [0.717, 1.165) is 19.1 Å². The maximum absolute atomic E-state index is 5.51. The standard InChI is InChI=1S/C10H23N3/c1-12(8-6-11)9-10-5-3-4-7-13(10)2/h10H,3-9,11H2,1-2H3. The van der Waals surface area contributed by atoms with E-state index in [1.54, 1.807) is 0 Å². The van der Waals surface area contributed by atoms with Crippen molar-refractivity contribution in [3.8, 4) is 0 Å². The lowest BCUT2D eigenvalue weighted by Crippen LogP contribution is -2.44. The van der Waals surface area contributed by atoms with Crippen LogP contribution < -0.4 is 5.73 Å². The van der Waals surface area contributed by atoms with Crippen molar-refractivity contribution in [2.45, 2.75) is 25.3 Å². The molecule has 1 rings (SSSR count). The monoisotopic (exact) mass is 185 g/mol. The third-order valence-electron chi connectivity index (χ3n) is 2.95. The Morgan fingerprint density at radius 3 is 2.85 bits per heavy atom. The first-order chi connectivity index (χ1) is 6.24. The van der Waals surface area contributed by atoms with Crippen LogP contribution in [-0.2, 0) is 0 Å². The Bertz CT molecular complexity index is 138. The van der Waals surface area contributed by atoms with Crippen LogP contribution in [0.25, 0.3) is 0 Å². The molecule has 3 heteroatoms. The molecule has 1 aliphatic heterocycles. The summed E-state index contributed by atoms with van der Waals surface area (Å²) in [4.78, 5) is 4.82. The maximum Gasteiger partial charge on any atom is 0.0220 e. The highest BCUT2D eigenvalue weighted by Crippen LogP contribution is 2.15. The van der Waals surface area contributed by atoms with E-state index in [2.05, 4.69) is 23.9 Å². The molecule has 1 aliphatic rings. The summed E-state index contributed by atoms with van der Waals surface area (Å²) in [6.07, 6.45) is 4.12. The fourth-order valence-corrected chi connectivity index (χ4v) is 2.05. The number of likely N-dealkylation sites (tertiary alicyclic amines) is 1. The van der Waals surface area contributed by atoms with E-state index in [0.29, 0.717) is 0 Å². The molecule has 1 atom stereocenters. The molecule has 1 unspecified atom stereocenters. The number of hydrogen-bond acceptors (Lipinski definition) is 3. The summed E-state index contributed by atoms with van der Waals surface area (Å²) in [6, 6.07) is 0.755. The van der Waals surface area contributed by atoms with Gasteiger partial charge in [-0.2, -0.15) is 0 Å². The Balaban J connectivity index is 2.25. The zero-order valence-electron chi connectivity index (χ0n) is 9.00. The van der Waals surface area contributed by atoms with Crippen LogP contribution in [0.15, 0.2) is 0 Å². The van der Waals surface area contributed by atoms with Crippen LogP contribution in [0.5, 0.6) is 0 Å². The highest BCUT2D eigenvalue weighted by molar-refractivity contribution is 4.76. The Morgan fingerprint density at radius 2 is 2.23 bits per heavy atom. The van der Waals surface area contributed by atoms with Gasteiger partial charge in [-0.05, 0) is 33.5 Å². The normalized spacial score (nSPS) is 25.4. The molecule has 0 aromatic heterocycles. The highest BCUT2D eigenvalue weighted by Gasteiger charge is 2.19. The van der Waals surface area contributed by atoms with Crippen molar-refractivity contribution in [1.29, 1.82) is 0 Å². The minimum atomic E-state index is 0.755. The van der Waals surface area contributed by atoms with Crippen LogP contribution in [0.1, 0.15) is 19.3 Å². The van der Waals surface area contributed by atoms with Gasteiger partial charge in [0, 0.05) is 25.7 Å². The molecule has 2 N–H and O–H groups in total. The number of rotatable bonds is 4. The quantitative estimate of drug-likeness (QED) is 0.686. The molecule has 0 aliphatic carbocycles. The van der Waals surface area contributed by atoms with Gasteiger partial charge in [0.2, 0.25) is 0 Å². The molecule has 1 fully saturated rings. The molecule has 0 aromatic carbocycles. The van der Waals surface area contributed by atoms with Gasteiger partial charge in [0.25, 0.3) is 0 Å². The Morgan fingerprint density at radius 1 is 1.46 bits per heavy atom. The van der Waals surface area contributed by atoms with Gasteiger partial charge in [-0.25, -0.2) is 0 Å². The number of hydrogen-bond donors (Lipinski definition) is 1. The molecule has 78 valence electrons. The van der Waals surface area contributed by atoms with Gasteiger partial charge >= 0.3 is 0 Å². The van der Waals surface area contributed by atoms with Crippen molar-refractivity contribution in [1.82, 2.24) is 9.80 Å². The predicted molar refractivity (Wildman–Crippen MR) is 56.8 cm³/mol. The molecule has 1 saturated heterocycles. The first-order valence-corrected chi connectivity index (χ1v) is 5.33. The number of likely N-dealkylation sites (N-methyl/N-ethyl adjacent to an activating group) is 2. The summed E-state index contributed by atoms with van der Waals surface area (Å²) in [6.45, 7) is 4.23. The van der Waals surface area contributed by atoms with E-state index in [-0.39, 0.29) is 0 Å². The van der Waals surface area contributed by atoms with E-state index < -0.39 is 0 Å². The molecule has 1 heterocycles. The van der Waals surface area contributed by atoms with Gasteiger partial charge < -0.3 is 15.5 Å². The van der Waals surface area contributed by atoms with E-state index in [4.69, 9.17) is 5.73 Å². The van der Waals surface area contributed by atoms with Crippen LogP contribution in [0.3, 0.4) is 0 Å². The summed E-state index contributed by atoms with van der Waals surface area (Å²) < 4.78 is 0. The zero-order chi connectivity index (χ0) is 9.68. The van der Waals surface area contributed by atoms with Crippen molar-refractivity contribution in [3.63, 3.8) is 0 Å². The molecule has 0 radical (unpaired) electrons. The van der Waals surface area contributed by atoms with Crippen molar-refractivity contribution in [2.24, 2.45) is 5.73 Å². The lowest BCUT2D eigenvalue weighted by Gasteiger charge is -2.35. The van der Waals surface area contributed by atoms with Gasteiger partial charge in [-0.15, -0.1) is 0 Å². The van der Waals surface area contributed by atoms with E-state index in [1.165, 1.54) is 32.4 Å². The average molecular weight is 185 g/mol. The molecule has 0 amide bonds. The van der Waals surface area contributed by atoms with Crippen LogP contribution in [0.2, 0.25) is 0 Å². The lowest BCUT2D eigenvalue weighted by molar-refractivity contribution is 0.142. The minimum absolute atomic E-state index is 0.755. The predicted octanol–water partition coefficient (Wildman–Crippen LogP) is 0.361. The zero-order valence-corrected chi connectivity index (χ0v) is 9.00. The second kappa shape index (κ2) is 5.58. The van der Waals surface area contributed by atoms with Gasteiger partial charge in [0.1, 0.15) is 0 Å². The Hall–Kier alpha value is -0.120. The van der Waals surface area contributed by atoms with Gasteiger partial charge in [0.05, 0.1) is 0 Å². The maximum atomic E-state index is 5.51. The van der Waals surface area contributed by atoms with Crippen molar-refractivity contribution in [2.75, 3.05) is 40.3 Å². The second-order valence-corrected chi connectivity index (χ2v) is 4.18. The van der Waals surface area contributed by atoms with Gasteiger partial charge in [-0.3, -0.25) is 0 Å². The van der Waals surface area contributed by atoms with Gasteiger partial charge in [0.15, 0.2) is 0 Å². The van der Waals surface area contributed by atoms with Crippen molar-refractivity contribution >= 4 is 0 Å². The minimum Gasteiger partial charge on any atom is -0.329 e. The van der Waals surface area contributed by atoms with Crippen LogP contribution in [0, 0.1) is 0 Å². The van der Waals surface area contributed by atoms with Crippen LogP contribution in [-0.4, -0.2) is 56.1 Å². The van der Waals surface area contributed by atoms with Crippen LogP contribution >= 0.6 is 0 Å². The third-order valence-corrected chi connectivity index (χ3v) is 2.95. The Labute approximate surface area is 81.9 Å². The molecular formula is C10H23N3. The molecule has 0 bridgehead atoms. The molecular weight excluding hydrogens is 162 g/mol. The lowest BCUT2D eigenvalue weighted by atomic mass is 10.0. The first-order valence-electron chi connectivity index (χ1n) is 5.33. The number of nitrogens with two attached hydrogens (primary N) is 1. The molecule has 13 heavy (non-hydrogen) atoms. The van der Waals surface area contributed by atoms with E-state index in [9.17, 15) is 0 Å². The largest absolute Gasteiger partial charge is 0.329 e. The second-order valence-electron chi connectivity index (χ2n) is 4.18. The first kappa shape index (κ1) is 11.0. The molecule has 0 aromatic rings. The van der Waals surface area contributed by atoms with Gasteiger partial charge in [-0.1, -0.05) is 6.42 Å². The van der Waals surface area contributed by atoms with Crippen molar-refractivity contribution < 1.29 is 0 Å². The summed E-state index contributed by atoms with van der Waals surface area (Å²) in [5.41, 5.74) is 5.51. The SMILES string of the molecule is CN(CCN)CC1CCCCN1C. The average Bonchev–Trinajstić information content (AvgIpc) is 2.09. The third kappa shape index (κ3) is 3.63. The topological polar surface area (TPSA) is 32.5 Å². The van der Waals surface area contributed by atoms with Crippen molar-refractivity contribution in [3.05, 3.63) is 0 Å². The fraction of sp³-hybridized carbons (Fsp3) is 1.00. The fourth-order valence-electron chi connectivity index (χ4n) is 2.05. The molecule has 0 saturated carbocycles. The number of piperidine rings is 1. The van der Waals surface area contributed by atoms with E-state index >= 15 is 0 Å². The Kier molecular flexibility index (Phi) is 4.70. The smallest absolute Gasteiger partial charge is 0.0220 e. The number of nitrogens with zero attached hydrogens (tertiary/aromatic N) is 2. The summed E-state index contributed by atoms with van der Waals surface area (Å²) in [7, 11) is 4.40. The summed E-state index contributed by atoms with van der Waals surface area (Å²) >= 11 is 0. The molecule has 3 nitrogen and oxygen atoms in total. The summed E-state index contributed by atoms with van der Waals surface area (Å²) in [5, 5.41) is 0.